The van der Waals surface area contributed by atoms with E-state index in [1.54, 1.807) is 18.2 Å². The Kier molecular flexibility index (Phi) is 3.89. The number of hydrogen-bond acceptors (Lipinski definition) is 6. The van der Waals surface area contributed by atoms with Crippen molar-refractivity contribution in [1.82, 2.24) is 0 Å². The molecule has 0 aromatic heterocycles. The van der Waals surface area contributed by atoms with Crippen LogP contribution in [0.15, 0.2) is 28.2 Å². The van der Waals surface area contributed by atoms with E-state index in [0.29, 0.717) is 10.7 Å². The number of benzene rings is 1. The van der Waals surface area contributed by atoms with Crippen molar-refractivity contribution in [2.45, 2.75) is 37.8 Å². The molecule has 0 bridgehead atoms. The third-order valence-electron chi connectivity index (χ3n) is 4.33. The first-order chi connectivity index (χ1) is 10.9. The molecule has 0 unspecified atom stereocenters. The minimum absolute atomic E-state index is 0.185. The molecular weight excluding hydrogens is 316 g/mol. The molecule has 1 fully saturated rings. The molecule has 0 radical (unpaired) electrons. The standard InChI is InChI=1S/C15H19ClN6O/c16-11-5-4-9(8-10(11)12(17)23)22-14(19)20-13(18)21-15(22)6-2-1-3-7-15/h4-5,8H,1-3,6-7H2,(H2,17,23)(H4,18,19,20,21). The van der Waals surface area contributed by atoms with Crippen LogP contribution in [0.4, 0.5) is 5.69 Å². The fraction of sp³-hybridized carbons (Fsp3) is 0.400. The van der Waals surface area contributed by atoms with Gasteiger partial charge in [-0.25, -0.2) is 4.99 Å². The number of halogens is 1. The van der Waals surface area contributed by atoms with Gasteiger partial charge in [0, 0.05) is 5.69 Å². The first-order valence-corrected chi connectivity index (χ1v) is 7.90. The maximum atomic E-state index is 11.6. The van der Waals surface area contributed by atoms with Crippen LogP contribution in [0, 0.1) is 0 Å². The zero-order valence-electron chi connectivity index (χ0n) is 12.6. The lowest BCUT2D eigenvalue weighted by molar-refractivity contribution is 0.100. The summed E-state index contributed by atoms with van der Waals surface area (Å²) in [6.45, 7) is 0. The highest BCUT2D eigenvalue weighted by molar-refractivity contribution is 6.34. The molecule has 0 saturated heterocycles. The van der Waals surface area contributed by atoms with Gasteiger partial charge in [-0.2, -0.15) is 4.99 Å². The highest BCUT2D eigenvalue weighted by Gasteiger charge is 2.42. The Labute approximate surface area is 139 Å². The molecule has 0 atom stereocenters. The van der Waals surface area contributed by atoms with E-state index in [0.717, 1.165) is 32.1 Å². The lowest BCUT2D eigenvalue weighted by Crippen LogP contribution is -2.58. The van der Waals surface area contributed by atoms with Gasteiger partial charge < -0.3 is 17.2 Å². The molecule has 1 aromatic carbocycles. The van der Waals surface area contributed by atoms with Crippen molar-refractivity contribution in [3.63, 3.8) is 0 Å². The Morgan fingerprint density at radius 3 is 2.57 bits per heavy atom. The van der Waals surface area contributed by atoms with Gasteiger partial charge in [-0.1, -0.05) is 18.0 Å². The van der Waals surface area contributed by atoms with Gasteiger partial charge in [0.05, 0.1) is 10.6 Å². The predicted octanol–water partition coefficient (Wildman–Crippen LogP) is 1.55. The highest BCUT2D eigenvalue weighted by Crippen LogP contribution is 2.40. The van der Waals surface area contributed by atoms with Gasteiger partial charge in [-0.3, -0.25) is 9.69 Å². The van der Waals surface area contributed by atoms with Crippen LogP contribution in [0.25, 0.3) is 0 Å². The Hall–Kier alpha value is -2.28. The van der Waals surface area contributed by atoms with Gasteiger partial charge in [0.2, 0.25) is 17.8 Å². The van der Waals surface area contributed by atoms with Gasteiger partial charge >= 0.3 is 0 Å². The van der Waals surface area contributed by atoms with Crippen molar-refractivity contribution >= 4 is 35.1 Å². The second kappa shape index (κ2) is 5.73. The van der Waals surface area contributed by atoms with Crippen LogP contribution in [-0.4, -0.2) is 23.5 Å². The largest absolute Gasteiger partial charge is 0.369 e. The number of carbonyl (C=O) groups excluding carboxylic acids is 1. The first-order valence-electron chi connectivity index (χ1n) is 7.52. The molecule has 3 rings (SSSR count). The van der Waals surface area contributed by atoms with E-state index >= 15 is 0 Å². The average molecular weight is 335 g/mol. The fourth-order valence-corrected chi connectivity index (χ4v) is 3.55. The molecule has 7 nitrogen and oxygen atoms in total. The topological polar surface area (TPSA) is 123 Å². The number of guanidine groups is 2. The monoisotopic (exact) mass is 334 g/mol. The van der Waals surface area contributed by atoms with Crippen molar-refractivity contribution in [3.05, 3.63) is 28.8 Å². The molecule has 1 spiro atoms. The van der Waals surface area contributed by atoms with Crippen LogP contribution < -0.4 is 22.1 Å². The second-order valence-electron chi connectivity index (χ2n) is 5.85. The smallest absolute Gasteiger partial charge is 0.250 e. The molecule has 1 saturated carbocycles. The summed E-state index contributed by atoms with van der Waals surface area (Å²) in [5.41, 5.74) is 17.7. The van der Waals surface area contributed by atoms with Crippen molar-refractivity contribution in [1.29, 1.82) is 0 Å². The predicted molar refractivity (Wildman–Crippen MR) is 91.5 cm³/mol. The van der Waals surface area contributed by atoms with Crippen LogP contribution in [-0.2, 0) is 0 Å². The summed E-state index contributed by atoms with van der Waals surface area (Å²) in [4.78, 5) is 22.1. The summed E-state index contributed by atoms with van der Waals surface area (Å²) in [6, 6.07) is 5.04. The minimum Gasteiger partial charge on any atom is -0.369 e. The van der Waals surface area contributed by atoms with Crippen molar-refractivity contribution in [3.8, 4) is 0 Å². The molecule has 2 aliphatic rings. The Balaban J connectivity index is 2.10. The molecule has 122 valence electrons. The summed E-state index contributed by atoms with van der Waals surface area (Å²) in [5.74, 6) is -0.146. The number of amides is 1. The number of nitrogens with two attached hydrogens (primary N) is 3. The average Bonchev–Trinajstić information content (AvgIpc) is 2.48. The summed E-state index contributed by atoms with van der Waals surface area (Å²) >= 11 is 6.04. The Morgan fingerprint density at radius 1 is 1.22 bits per heavy atom. The second-order valence-corrected chi connectivity index (χ2v) is 6.25. The number of carbonyl (C=O) groups is 1. The highest BCUT2D eigenvalue weighted by atomic mass is 35.5. The van der Waals surface area contributed by atoms with E-state index in [-0.39, 0.29) is 17.5 Å². The van der Waals surface area contributed by atoms with Crippen LogP contribution in [0.1, 0.15) is 42.5 Å². The third kappa shape index (κ3) is 2.72. The molecule has 1 aliphatic carbocycles. The molecular formula is C15H19ClN6O. The van der Waals surface area contributed by atoms with Gasteiger partial charge in [0.15, 0.2) is 0 Å². The molecule has 1 amide bonds. The third-order valence-corrected chi connectivity index (χ3v) is 4.65. The number of anilines is 1. The van der Waals surface area contributed by atoms with Crippen molar-refractivity contribution in [2.75, 3.05) is 4.90 Å². The zero-order valence-corrected chi connectivity index (χ0v) is 13.4. The van der Waals surface area contributed by atoms with Gasteiger partial charge in [0.25, 0.3) is 0 Å². The molecule has 1 aromatic rings. The van der Waals surface area contributed by atoms with Gasteiger partial charge in [0.1, 0.15) is 5.66 Å². The lowest BCUT2D eigenvalue weighted by Gasteiger charge is -2.45. The summed E-state index contributed by atoms with van der Waals surface area (Å²) < 4.78 is 0. The van der Waals surface area contributed by atoms with Gasteiger partial charge in [-0.05, 0) is 43.9 Å². The fourth-order valence-electron chi connectivity index (χ4n) is 3.34. The minimum atomic E-state index is -0.593. The van der Waals surface area contributed by atoms with E-state index in [1.165, 1.54) is 0 Å². The SMILES string of the molecule is NC(=O)c1cc(N2C(N)=NC(N)=NC23CCCCC3)ccc1Cl. The number of rotatable bonds is 2. The van der Waals surface area contributed by atoms with Crippen LogP contribution in [0.2, 0.25) is 5.02 Å². The summed E-state index contributed by atoms with van der Waals surface area (Å²) in [5, 5.41) is 0.300. The Morgan fingerprint density at radius 2 is 1.91 bits per heavy atom. The molecule has 1 aliphatic heterocycles. The van der Waals surface area contributed by atoms with E-state index in [9.17, 15) is 4.79 Å². The summed E-state index contributed by atoms with van der Waals surface area (Å²) in [6.07, 6.45) is 4.83. The normalized spacial score (nSPS) is 20.1. The molecule has 6 N–H and O–H groups in total. The number of hydrogen-bond donors (Lipinski definition) is 3. The lowest BCUT2D eigenvalue weighted by atomic mass is 9.87. The number of aliphatic imine (C=N–C) groups is 2. The summed E-state index contributed by atoms with van der Waals surface area (Å²) in [7, 11) is 0. The van der Waals surface area contributed by atoms with Gasteiger partial charge in [-0.15, -0.1) is 0 Å². The van der Waals surface area contributed by atoms with Crippen molar-refractivity contribution in [2.24, 2.45) is 27.2 Å². The molecule has 23 heavy (non-hydrogen) atoms. The number of primary amides is 1. The van der Waals surface area contributed by atoms with E-state index in [4.69, 9.17) is 28.8 Å². The van der Waals surface area contributed by atoms with Crippen molar-refractivity contribution < 1.29 is 4.79 Å². The van der Waals surface area contributed by atoms with E-state index in [1.807, 2.05) is 4.90 Å². The van der Waals surface area contributed by atoms with Crippen LogP contribution in [0.5, 0.6) is 0 Å². The van der Waals surface area contributed by atoms with E-state index < -0.39 is 11.6 Å². The maximum absolute atomic E-state index is 11.6. The quantitative estimate of drug-likeness (QED) is 0.759. The zero-order chi connectivity index (χ0) is 16.6. The van der Waals surface area contributed by atoms with Crippen LogP contribution in [0.3, 0.4) is 0 Å². The maximum Gasteiger partial charge on any atom is 0.250 e. The van der Waals surface area contributed by atoms with Crippen LogP contribution >= 0.6 is 11.6 Å². The molecule has 8 heteroatoms. The first kappa shape index (κ1) is 15.6. The van der Waals surface area contributed by atoms with E-state index in [2.05, 4.69) is 9.98 Å². The number of nitrogens with zero attached hydrogens (tertiary/aromatic N) is 3. The molecule has 1 heterocycles. The Bertz CT molecular complexity index is 708.